The molecule has 2 nitrogen and oxygen atoms in total. The Labute approximate surface area is 128 Å². The van der Waals surface area contributed by atoms with E-state index in [0.29, 0.717) is 6.54 Å². The standard InChI is InChI=1S/C19H25NO/c1-5-20(17-9-7-6-8-10-17)13-18(21)19-15(3)11-14(2)12-16(19)4/h6-12,18,21H,5,13H2,1-4H3. The van der Waals surface area contributed by atoms with E-state index < -0.39 is 6.10 Å². The van der Waals surface area contributed by atoms with Crippen molar-refractivity contribution in [3.8, 4) is 0 Å². The molecule has 1 N–H and O–H groups in total. The summed E-state index contributed by atoms with van der Waals surface area (Å²) < 4.78 is 0. The number of aryl methyl sites for hydroxylation is 3. The predicted molar refractivity (Wildman–Crippen MR) is 89.9 cm³/mol. The molecule has 1 unspecified atom stereocenters. The Hall–Kier alpha value is -1.80. The molecule has 0 aromatic heterocycles. The number of anilines is 1. The summed E-state index contributed by atoms with van der Waals surface area (Å²) in [6, 6.07) is 14.5. The van der Waals surface area contributed by atoms with Crippen molar-refractivity contribution in [2.45, 2.75) is 33.8 Å². The lowest BCUT2D eigenvalue weighted by molar-refractivity contribution is 0.182. The van der Waals surface area contributed by atoms with Crippen molar-refractivity contribution in [3.63, 3.8) is 0 Å². The molecule has 2 heteroatoms. The van der Waals surface area contributed by atoms with Crippen LogP contribution in [0.2, 0.25) is 0 Å². The zero-order chi connectivity index (χ0) is 15.4. The Kier molecular flexibility index (Phi) is 5.03. The van der Waals surface area contributed by atoms with Gasteiger partial charge in [-0.15, -0.1) is 0 Å². The first-order chi connectivity index (χ1) is 10.0. The molecular weight excluding hydrogens is 258 g/mol. The first kappa shape index (κ1) is 15.6. The molecule has 0 bridgehead atoms. The molecule has 112 valence electrons. The van der Waals surface area contributed by atoms with Crippen LogP contribution in [-0.4, -0.2) is 18.2 Å². The summed E-state index contributed by atoms with van der Waals surface area (Å²) >= 11 is 0. The molecule has 2 aromatic carbocycles. The lowest BCUT2D eigenvalue weighted by atomic mass is 9.95. The van der Waals surface area contributed by atoms with Crippen molar-refractivity contribution in [2.24, 2.45) is 0 Å². The van der Waals surface area contributed by atoms with Gasteiger partial charge in [-0.3, -0.25) is 0 Å². The number of likely N-dealkylation sites (N-methyl/N-ethyl adjacent to an activating group) is 1. The van der Waals surface area contributed by atoms with Crippen LogP contribution in [0, 0.1) is 20.8 Å². The first-order valence-electron chi connectivity index (χ1n) is 7.58. The quantitative estimate of drug-likeness (QED) is 0.890. The van der Waals surface area contributed by atoms with Gasteiger partial charge in [-0.1, -0.05) is 35.9 Å². The fourth-order valence-corrected chi connectivity index (χ4v) is 3.07. The van der Waals surface area contributed by atoms with Crippen molar-refractivity contribution in [2.75, 3.05) is 18.0 Å². The molecule has 0 saturated carbocycles. The summed E-state index contributed by atoms with van der Waals surface area (Å²) in [5.74, 6) is 0. The van der Waals surface area contributed by atoms with E-state index in [0.717, 1.165) is 17.8 Å². The van der Waals surface area contributed by atoms with Crippen LogP contribution in [0.5, 0.6) is 0 Å². The largest absolute Gasteiger partial charge is 0.387 e. The monoisotopic (exact) mass is 283 g/mol. The summed E-state index contributed by atoms with van der Waals surface area (Å²) in [7, 11) is 0. The average Bonchev–Trinajstić information content (AvgIpc) is 2.44. The molecule has 0 aliphatic carbocycles. The Morgan fingerprint density at radius 2 is 1.57 bits per heavy atom. The number of aliphatic hydroxyl groups excluding tert-OH is 1. The Morgan fingerprint density at radius 1 is 1.00 bits per heavy atom. The van der Waals surface area contributed by atoms with Gasteiger partial charge in [0.25, 0.3) is 0 Å². The number of benzene rings is 2. The van der Waals surface area contributed by atoms with Crippen LogP contribution < -0.4 is 4.90 Å². The van der Waals surface area contributed by atoms with Crippen molar-refractivity contribution >= 4 is 5.69 Å². The SMILES string of the molecule is CCN(CC(O)c1c(C)cc(C)cc1C)c1ccccc1. The number of para-hydroxylation sites is 1. The molecule has 2 rings (SSSR count). The number of nitrogens with zero attached hydrogens (tertiary/aromatic N) is 1. The topological polar surface area (TPSA) is 23.5 Å². The van der Waals surface area contributed by atoms with Gasteiger partial charge in [-0.2, -0.15) is 0 Å². The maximum absolute atomic E-state index is 10.7. The third-order valence-corrected chi connectivity index (χ3v) is 3.97. The molecule has 0 amide bonds. The number of aliphatic hydroxyl groups is 1. The summed E-state index contributed by atoms with van der Waals surface area (Å²) in [6.07, 6.45) is -0.467. The van der Waals surface area contributed by atoms with Gasteiger partial charge in [0, 0.05) is 18.8 Å². The van der Waals surface area contributed by atoms with E-state index in [1.54, 1.807) is 0 Å². The molecule has 0 spiro atoms. The fourth-order valence-electron chi connectivity index (χ4n) is 3.07. The van der Waals surface area contributed by atoms with Gasteiger partial charge in [-0.25, -0.2) is 0 Å². The molecule has 0 aliphatic heterocycles. The average molecular weight is 283 g/mol. The highest BCUT2D eigenvalue weighted by Gasteiger charge is 2.17. The second-order valence-electron chi connectivity index (χ2n) is 5.70. The van der Waals surface area contributed by atoms with Gasteiger partial charge in [-0.05, 0) is 56.5 Å². The predicted octanol–water partition coefficient (Wildman–Crippen LogP) is 4.17. The van der Waals surface area contributed by atoms with E-state index in [9.17, 15) is 5.11 Å². The highest BCUT2D eigenvalue weighted by atomic mass is 16.3. The van der Waals surface area contributed by atoms with E-state index in [-0.39, 0.29) is 0 Å². The van der Waals surface area contributed by atoms with E-state index in [1.165, 1.54) is 16.7 Å². The third kappa shape index (κ3) is 3.64. The van der Waals surface area contributed by atoms with Gasteiger partial charge >= 0.3 is 0 Å². The molecule has 0 saturated heterocycles. The lowest BCUT2D eigenvalue weighted by Gasteiger charge is -2.27. The zero-order valence-electron chi connectivity index (χ0n) is 13.4. The van der Waals surface area contributed by atoms with Crippen LogP contribution in [0.1, 0.15) is 35.3 Å². The lowest BCUT2D eigenvalue weighted by Crippen LogP contribution is -2.28. The maximum atomic E-state index is 10.7. The Bertz CT molecular complexity index is 569. The minimum Gasteiger partial charge on any atom is -0.387 e. The zero-order valence-corrected chi connectivity index (χ0v) is 13.4. The highest BCUT2D eigenvalue weighted by Crippen LogP contribution is 2.26. The number of rotatable bonds is 5. The third-order valence-electron chi connectivity index (χ3n) is 3.97. The van der Waals surface area contributed by atoms with Crippen molar-refractivity contribution in [1.82, 2.24) is 0 Å². The molecular formula is C19H25NO. The second kappa shape index (κ2) is 6.77. The highest BCUT2D eigenvalue weighted by molar-refractivity contribution is 5.47. The van der Waals surface area contributed by atoms with E-state index >= 15 is 0 Å². The Morgan fingerprint density at radius 3 is 2.10 bits per heavy atom. The van der Waals surface area contributed by atoms with Crippen molar-refractivity contribution in [3.05, 3.63) is 64.7 Å². The second-order valence-corrected chi connectivity index (χ2v) is 5.70. The van der Waals surface area contributed by atoms with Gasteiger partial charge in [0.15, 0.2) is 0 Å². The molecule has 2 aromatic rings. The van der Waals surface area contributed by atoms with Crippen LogP contribution in [0.3, 0.4) is 0 Å². The fraction of sp³-hybridized carbons (Fsp3) is 0.368. The van der Waals surface area contributed by atoms with Crippen LogP contribution in [0.25, 0.3) is 0 Å². The smallest absolute Gasteiger partial charge is 0.0969 e. The summed E-state index contributed by atoms with van der Waals surface area (Å²) in [5.41, 5.74) is 5.81. The molecule has 0 aliphatic rings. The van der Waals surface area contributed by atoms with Crippen LogP contribution in [0.4, 0.5) is 5.69 Å². The van der Waals surface area contributed by atoms with Crippen molar-refractivity contribution < 1.29 is 5.11 Å². The molecule has 0 fully saturated rings. The summed E-state index contributed by atoms with van der Waals surface area (Å²) in [6.45, 7) is 9.87. The van der Waals surface area contributed by atoms with E-state index in [2.05, 4.69) is 56.9 Å². The maximum Gasteiger partial charge on any atom is 0.0969 e. The van der Waals surface area contributed by atoms with Gasteiger partial charge in [0.05, 0.1) is 6.10 Å². The van der Waals surface area contributed by atoms with Gasteiger partial charge < -0.3 is 10.0 Å². The summed E-state index contributed by atoms with van der Waals surface area (Å²) in [4.78, 5) is 2.21. The minimum absolute atomic E-state index is 0.467. The first-order valence-corrected chi connectivity index (χ1v) is 7.58. The van der Waals surface area contributed by atoms with Crippen LogP contribution >= 0.6 is 0 Å². The molecule has 0 radical (unpaired) electrons. The minimum atomic E-state index is -0.467. The Balaban J connectivity index is 2.23. The van der Waals surface area contributed by atoms with Crippen LogP contribution in [0.15, 0.2) is 42.5 Å². The normalized spacial score (nSPS) is 12.2. The van der Waals surface area contributed by atoms with Gasteiger partial charge in [0.2, 0.25) is 0 Å². The molecule has 1 atom stereocenters. The van der Waals surface area contributed by atoms with Crippen LogP contribution in [-0.2, 0) is 0 Å². The van der Waals surface area contributed by atoms with Gasteiger partial charge in [0.1, 0.15) is 0 Å². The molecule has 0 heterocycles. The molecule has 21 heavy (non-hydrogen) atoms. The summed E-state index contributed by atoms with van der Waals surface area (Å²) in [5, 5.41) is 10.7. The number of hydrogen-bond acceptors (Lipinski definition) is 2. The van der Waals surface area contributed by atoms with Crippen molar-refractivity contribution in [1.29, 1.82) is 0 Å². The number of hydrogen-bond donors (Lipinski definition) is 1. The van der Waals surface area contributed by atoms with E-state index in [1.807, 2.05) is 18.2 Å². The van der Waals surface area contributed by atoms with E-state index in [4.69, 9.17) is 0 Å².